The minimum atomic E-state index is -4.29. The summed E-state index contributed by atoms with van der Waals surface area (Å²) >= 11 is 0. The van der Waals surface area contributed by atoms with Crippen LogP contribution in [0.2, 0.25) is 0 Å². The van der Waals surface area contributed by atoms with E-state index in [4.69, 9.17) is 0 Å². The lowest BCUT2D eigenvalue weighted by Gasteiger charge is -2.18. The topological polar surface area (TPSA) is 66.8 Å². The number of anilines is 1. The molecule has 0 unspecified atom stereocenters. The second kappa shape index (κ2) is 25.0. The zero-order valence-corrected chi connectivity index (χ0v) is 37.1. The van der Waals surface area contributed by atoms with Gasteiger partial charge in [-0.25, -0.2) is 26.3 Å². The molecule has 1 N–H and O–H groups in total. The number of benzene rings is 5. The molecule has 9 aromatic rings. The smallest absolute Gasteiger partial charge is 0.306 e. The molecule has 1 aliphatic heterocycles. The van der Waals surface area contributed by atoms with Crippen LogP contribution in [0.4, 0.5) is 45.2 Å². The van der Waals surface area contributed by atoms with Crippen LogP contribution in [0.1, 0.15) is 11.1 Å². The van der Waals surface area contributed by atoms with Crippen molar-refractivity contribution in [3.8, 4) is 45.0 Å². The quantitative estimate of drug-likeness (QED) is 0.173. The number of halogens is 9. The first-order valence-electron chi connectivity index (χ1n) is 21.2. The Balaban J connectivity index is 0.000000144. The summed E-state index contributed by atoms with van der Waals surface area (Å²) < 4.78 is 114. The fourth-order valence-corrected chi connectivity index (χ4v) is 6.30. The molecule has 1 aliphatic rings. The number of pyridine rings is 4. The number of nitrogens with one attached hydrogen (secondary N) is 1. The van der Waals surface area contributed by atoms with Gasteiger partial charge in [-0.1, -0.05) is 60.2 Å². The Morgan fingerprint density at radius 2 is 0.957 bits per heavy atom. The summed E-state index contributed by atoms with van der Waals surface area (Å²) in [5.41, 5.74) is 9.69. The van der Waals surface area contributed by atoms with E-state index in [1.807, 2.05) is 30.5 Å². The molecule has 0 spiro atoms. The molecule has 0 amide bonds. The van der Waals surface area contributed by atoms with Crippen LogP contribution in [0.5, 0.6) is 0 Å². The number of hydrazine groups is 1. The van der Waals surface area contributed by atoms with Gasteiger partial charge in [0, 0.05) is 65.4 Å². The average molecular weight is 957 g/mol. The molecule has 0 fully saturated rings. The van der Waals surface area contributed by atoms with E-state index in [0.29, 0.717) is 46.0 Å². The van der Waals surface area contributed by atoms with Crippen LogP contribution < -0.4 is 10.4 Å². The SMILES string of the molecule is Cc1cccc(-c2ccccn2)c1.FC(F)(F)c1ccc(-c2ccccn2)cc1.Fc1ccc(-c2ccccn2)c(F)c1.Fc1ccc(-c2ccccn2)cc1F.Fc1ccc(N2CC=CN2)cc1F. The molecule has 10 rings (SSSR count). The summed E-state index contributed by atoms with van der Waals surface area (Å²) in [6.45, 7) is 2.75. The van der Waals surface area contributed by atoms with Crippen molar-refractivity contribution < 1.29 is 39.5 Å². The van der Waals surface area contributed by atoms with E-state index < -0.39 is 46.6 Å². The Bertz CT molecular complexity index is 3050. The third kappa shape index (κ3) is 15.2. The highest BCUT2D eigenvalue weighted by Crippen LogP contribution is 2.30. The van der Waals surface area contributed by atoms with Gasteiger partial charge in [0.15, 0.2) is 23.3 Å². The largest absolute Gasteiger partial charge is 0.416 e. The van der Waals surface area contributed by atoms with Crippen molar-refractivity contribution in [2.75, 3.05) is 11.6 Å². The van der Waals surface area contributed by atoms with Crippen molar-refractivity contribution in [2.24, 2.45) is 0 Å². The molecule has 5 heterocycles. The van der Waals surface area contributed by atoms with Crippen molar-refractivity contribution in [3.63, 3.8) is 0 Å². The number of hydrogen-bond acceptors (Lipinski definition) is 6. The first kappa shape index (κ1) is 50.8. The average Bonchev–Trinajstić information content (AvgIpc) is 3.93. The summed E-state index contributed by atoms with van der Waals surface area (Å²) in [6, 6.07) is 46.1. The van der Waals surface area contributed by atoms with Crippen LogP contribution >= 0.6 is 0 Å². The zero-order valence-electron chi connectivity index (χ0n) is 37.1. The van der Waals surface area contributed by atoms with Gasteiger partial charge in [0.05, 0.1) is 40.6 Å². The number of aromatic nitrogens is 4. The monoisotopic (exact) mass is 956 g/mol. The minimum Gasteiger partial charge on any atom is -0.306 e. The summed E-state index contributed by atoms with van der Waals surface area (Å²) in [7, 11) is 0. The minimum absolute atomic E-state index is 0.312. The fourth-order valence-electron chi connectivity index (χ4n) is 6.30. The molecule has 0 atom stereocenters. The molecule has 0 bridgehead atoms. The predicted molar refractivity (Wildman–Crippen MR) is 254 cm³/mol. The maximum atomic E-state index is 13.3. The van der Waals surface area contributed by atoms with Crippen LogP contribution in [-0.2, 0) is 6.18 Å². The van der Waals surface area contributed by atoms with Crippen LogP contribution in [0.15, 0.2) is 213 Å². The summed E-state index contributed by atoms with van der Waals surface area (Å²) in [5.74, 6) is -4.52. The summed E-state index contributed by atoms with van der Waals surface area (Å²) in [6.07, 6.45) is 5.95. The molecule has 0 saturated carbocycles. The lowest BCUT2D eigenvalue weighted by molar-refractivity contribution is -0.137. The third-order valence-electron chi connectivity index (χ3n) is 9.75. The summed E-state index contributed by atoms with van der Waals surface area (Å²) in [4.78, 5) is 16.4. The van der Waals surface area contributed by atoms with Crippen LogP contribution in [0, 0.1) is 41.8 Å². The normalized spacial score (nSPS) is 11.3. The Morgan fingerprint density at radius 3 is 1.43 bits per heavy atom. The lowest BCUT2D eigenvalue weighted by Crippen LogP contribution is -2.29. The van der Waals surface area contributed by atoms with E-state index in [0.717, 1.165) is 48.2 Å². The van der Waals surface area contributed by atoms with Gasteiger partial charge in [-0.2, -0.15) is 13.2 Å². The number of alkyl halides is 3. The number of aryl methyl sites for hydroxylation is 1. The number of hydrogen-bond donors (Lipinski definition) is 1. The van der Waals surface area contributed by atoms with Crippen LogP contribution in [0.3, 0.4) is 0 Å². The lowest BCUT2D eigenvalue weighted by atomic mass is 10.1. The van der Waals surface area contributed by atoms with E-state index >= 15 is 0 Å². The van der Waals surface area contributed by atoms with Gasteiger partial charge < -0.3 is 5.43 Å². The molecular formula is C55H41F9N6. The Labute approximate surface area is 398 Å². The highest BCUT2D eigenvalue weighted by atomic mass is 19.4. The maximum Gasteiger partial charge on any atom is 0.416 e. The van der Waals surface area contributed by atoms with E-state index in [1.54, 1.807) is 84.4 Å². The fraction of sp³-hybridized carbons (Fsp3) is 0.0545. The Kier molecular flexibility index (Phi) is 18.1. The van der Waals surface area contributed by atoms with Gasteiger partial charge in [-0.15, -0.1) is 0 Å². The predicted octanol–water partition coefficient (Wildman–Crippen LogP) is 14.7. The molecule has 70 heavy (non-hydrogen) atoms. The van der Waals surface area contributed by atoms with Crippen LogP contribution in [0.25, 0.3) is 45.0 Å². The van der Waals surface area contributed by atoms with Crippen molar-refractivity contribution in [1.82, 2.24) is 25.4 Å². The molecule has 15 heteroatoms. The third-order valence-corrected chi connectivity index (χ3v) is 9.75. The first-order valence-corrected chi connectivity index (χ1v) is 21.2. The van der Waals surface area contributed by atoms with E-state index in [2.05, 4.69) is 56.6 Å². The van der Waals surface area contributed by atoms with Crippen molar-refractivity contribution >= 4 is 5.69 Å². The van der Waals surface area contributed by atoms with Gasteiger partial charge in [-0.3, -0.25) is 24.9 Å². The van der Waals surface area contributed by atoms with Crippen LogP contribution in [-0.4, -0.2) is 26.5 Å². The molecule has 0 radical (unpaired) electrons. The second-order valence-corrected chi connectivity index (χ2v) is 14.8. The molecule has 4 aromatic heterocycles. The highest BCUT2D eigenvalue weighted by molar-refractivity contribution is 5.61. The van der Waals surface area contributed by atoms with Gasteiger partial charge in [0.1, 0.15) is 11.6 Å². The van der Waals surface area contributed by atoms with Crippen molar-refractivity contribution in [2.45, 2.75) is 13.1 Å². The second-order valence-electron chi connectivity index (χ2n) is 14.8. The van der Waals surface area contributed by atoms with Crippen molar-refractivity contribution in [1.29, 1.82) is 0 Å². The standard InChI is InChI=1S/C12H8F3N.C12H11N.2C11H7F2N.C9H8F2N2/c13-12(14,15)10-6-4-9(5-7-10)11-3-1-2-8-16-11;1-10-5-4-6-11(9-10)12-7-2-3-8-13-12;12-8-4-5-9(10(13)7-8)11-3-1-2-6-14-11;12-9-5-4-8(7-10(9)13)11-3-1-2-6-14-11;10-8-3-2-7(6-9(8)11)13-5-1-4-12-13/h1-8H;2-9H,1H3;2*1-7H;1-4,6,12H,5H2. The number of rotatable bonds is 5. The highest BCUT2D eigenvalue weighted by Gasteiger charge is 2.30. The van der Waals surface area contributed by atoms with E-state index in [9.17, 15) is 39.5 Å². The molecule has 0 saturated heterocycles. The van der Waals surface area contributed by atoms with E-state index in [1.165, 1.54) is 47.5 Å². The Morgan fingerprint density at radius 1 is 0.443 bits per heavy atom. The molecule has 0 aliphatic carbocycles. The molecular weight excluding hydrogens is 916 g/mol. The molecule has 354 valence electrons. The van der Waals surface area contributed by atoms with Gasteiger partial charge in [0.2, 0.25) is 0 Å². The first-order chi connectivity index (χ1) is 33.7. The molecule has 6 nitrogen and oxygen atoms in total. The number of nitrogens with zero attached hydrogens (tertiary/aromatic N) is 5. The Hall–Kier alpha value is -8.59. The van der Waals surface area contributed by atoms with E-state index in [-0.39, 0.29) is 0 Å². The van der Waals surface area contributed by atoms with Gasteiger partial charge in [0.25, 0.3) is 0 Å². The zero-order chi connectivity index (χ0) is 49.9. The van der Waals surface area contributed by atoms with Gasteiger partial charge in [-0.05, 0) is 122 Å². The van der Waals surface area contributed by atoms with Crippen molar-refractivity contribution in [3.05, 3.63) is 259 Å². The maximum absolute atomic E-state index is 13.3. The summed E-state index contributed by atoms with van der Waals surface area (Å²) in [5, 5.41) is 1.71. The van der Waals surface area contributed by atoms with Gasteiger partial charge >= 0.3 is 6.18 Å². The molecule has 5 aromatic carbocycles.